The van der Waals surface area contributed by atoms with Crippen molar-refractivity contribution in [2.45, 2.75) is 78.4 Å². The summed E-state index contributed by atoms with van der Waals surface area (Å²) in [5, 5.41) is 3.79. The highest BCUT2D eigenvalue weighted by atomic mass is 35.5. The molecule has 1 aromatic carbocycles. The standard InChI is InChI=1S/C24H32ClNO4/c1-14-12-16(25)13-15(2)17(14)18-19(30-21(28)22(3,4)5)24(26-20(18)27)10-8-23(6,29-7)9-11-24/h12-13H,8-11H2,1-7H3,(H,26,27). The van der Waals surface area contributed by atoms with Crippen LogP contribution < -0.4 is 5.32 Å². The molecule has 1 N–H and O–H groups in total. The molecule has 0 aromatic heterocycles. The van der Waals surface area contributed by atoms with E-state index in [0.29, 0.717) is 29.2 Å². The first kappa shape index (κ1) is 22.8. The highest BCUT2D eigenvalue weighted by Crippen LogP contribution is 2.48. The zero-order chi connectivity index (χ0) is 22.5. The summed E-state index contributed by atoms with van der Waals surface area (Å²) in [4.78, 5) is 26.2. The predicted molar refractivity (Wildman–Crippen MR) is 118 cm³/mol. The second kappa shape index (κ2) is 7.69. The zero-order valence-electron chi connectivity index (χ0n) is 19.0. The van der Waals surface area contributed by atoms with E-state index in [1.54, 1.807) is 7.11 Å². The summed E-state index contributed by atoms with van der Waals surface area (Å²) in [6.45, 7) is 11.4. The van der Waals surface area contributed by atoms with Crippen LogP contribution >= 0.6 is 11.6 Å². The van der Waals surface area contributed by atoms with Crippen molar-refractivity contribution in [2.75, 3.05) is 7.11 Å². The van der Waals surface area contributed by atoms with E-state index in [4.69, 9.17) is 21.1 Å². The summed E-state index contributed by atoms with van der Waals surface area (Å²) in [7, 11) is 1.72. The Hall–Kier alpha value is -1.85. The first-order valence-electron chi connectivity index (χ1n) is 10.4. The maximum atomic E-state index is 13.3. The van der Waals surface area contributed by atoms with Crippen LogP contribution in [-0.2, 0) is 19.1 Å². The Kier molecular flexibility index (Phi) is 5.85. The second-order valence-corrected chi connectivity index (χ2v) is 10.4. The summed E-state index contributed by atoms with van der Waals surface area (Å²) in [5.41, 5.74) is 1.34. The average Bonchev–Trinajstić information content (AvgIpc) is 2.88. The Labute approximate surface area is 184 Å². The van der Waals surface area contributed by atoms with Crippen LogP contribution in [0.25, 0.3) is 5.57 Å². The second-order valence-electron chi connectivity index (χ2n) is 9.95. The lowest BCUT2D eigenvalue weighted by molar-refractivity contribution is -0.150. The lowest BCUT2D eigenvalue weighted by Crippen LogP contribution is -2.51. The molecule has 1 aliphatic carbocycles. The van der Waals surface area contributed by atoms with Gasteiger partial charge in [-0.1, -0.05) is 11.6 Å². The zero-order valence-corrected chi connectivity index (χ0v) is 19.8. The van der Waals surface area contributed by atoms with Crippen molar-refractivity contribution >= 4 is 29.1 Å². The monoisotopic (exact) mass is 433 g/mol. The Morgan fingerprint density at radius 1 is 1.10 bits per heavy atom. The van der Waals surface area contributed by atoms with Gasteiger partial charge in [0.15, 0.2) is 0 Å². The van der Waals surface area contributed by atoms with Gasteiger partial charge in [0.25, 0.3) is 5.91 Å². The lowest BCUT2D eigenvalue weighted by atomic mass is 9.73. The van der Waals surface area contributed by atoms with Crippen LogP contribution in [0.4, 0.5) is 0 Å². The number of halogens is 1. The number of methoxy groups -OCH3 is 1. The molecule has 30 heavy (non-hydrogen) atoms. The van der Waals surface area contributed by atoms with Crippen molar-refractivity contribution < 1.29 is 19.1 Å². The van der Waals surface area contributed by atoms with Crippen molar-refractivity contribution in [3.8, 4) is 0 Å². The van der Waals surface area contributed by atoms with Crippen molar-refractivity contribution in [1.29, 1.82) is 0 Å². The van der Waals surface area contributed by atoms with Crippen LogP contribution in [0.1, 0.15) is 70.1 Å². The van der Waals surface area contributed by atoms with Gasteiger partial charge in [-0.15, -0.1) is 0 Å². The molecule has 0 unspecified atom stereocenters. The van der Waals surface area contributed by atoms with Gasteiger partial charge >= 0.3 is 5.97 Å². The summed E-state index contributed by atoms with van der Waals surface area (Å²) >= 11 is 6.22. The van der Waals surface area contributed by atoms with Crippen molar-refractivity contribution in [1.82, 2.24) is 5.32 Å². The molecule has 2 aliphatic rings. The highest BCUT2D eigenvalue weighted by Gasteiger charge is 2.52. The van der Waals surface area contributed by atoms with Gasteiger partial charge in [-0.25, -0.2) is 0 Å². The molecule has 1 aliphatic heterocycles. The van der Waals surface area contributed by atoms with Gasteiger partial charge in [-0.05, 0) is 96.0 Å². The predicted octanol–water partition coefficient (Wildman–Crippen LogP) is 5.10. The normalized spacial score (nSPS) is 26.9. The minimum Gasteiger partial charge on any atom is -0.427 e. The first-order chi connectivity index (χ1) is 13.8. The molecule has 1 saturated carbocycles. The molecule has 1 heterocycles. The molecular weight excluding hydrogens is 402 g/mol. The van der Waals surface area contributed by atoms with Crippen LogP contribution in [-0.4, -0.2) is 30.1 Å². The topological polar surface area (TPSA) is 64.6 Å². The number of nitrogens with one attached hydrogen (secondary N) is 1. The van der Waals surface area contributed by atoms with Crippen LogP contribution in [0.2, 0.25) is 5.02 Å². The molecule has 0 bridgehead atoms. The number of hydrogen-bond donors (Lipinski definition) is 1. The number of hydrogen-bond acceptors (Lipinski definition) is 4. The average molecular weight is 434 g/mol. The fraction of sp³-hybridized carbons (Fsp3) is 0.583. The van der Waals surface area contributed by atoms with Crippen LogP contribution in [0.5, 0.6) is 0 Å². The summed E-state index contributed by atoms with van der Waals surface area (Å²) < 4.78 is 11.7. The fourth-order valence-electron chi connectivity index (χ4n) is 4.37. The largest absolute Gasteiger partial charge is 0.427 e. The number of esters is 1. The number of carbonyl (C=O) groups is 2. The van der Waals surface area contributed by atoms with Gasteiger partial charge in [-0.3, -0.25) is 9.59 Å². The van der Waals surface area contributed by atoms with E-state index >= 15 is 0 Å². The van der Waals surface area contributed by atoms with Crippen LogP contribution in [0.15, 0.2) is 17.9 Å². The number of benzene rings is 1. The summed E-state index contributed by atoms with van der Waals surface area (Å²) in [5.74, 6) is -0.115. The third-order valence-corrected chi connectivity index (χ3v) is 6.67. The first-order valence-corrected chi connectivity index (χ1v) is 10.8. The third kappa shape index (κ3) is 4.02. The quantitative estimate of drug-likeness (QED) is 0.673. The van der Waals surface area contributed by atoms with Gasteiger partial charge in [0.1, 0.15) is 5.76 Å². The minimum atomic E-state index is -0.704. The summed E-state index contributed by atoms with van der Waals surface area (Å²) in [6, 6.07) is 3.67. The molecule has 5 nitrogen and oxygen atoms in total. The number of carbonyl (C=O) groups excluding carboxylic acids is 2. The molecule has 1 spiro atoms. The third-order valence-electron chi connectivity index (χ3n) is 6.45. The molecule has 1 amide bonds. The molecule has 3 rings (SSSR count). The molecule has 0 radical (unpaired) electrons. The number of amides is 1. The smallest absolute Gasteiger partial charge is 0.316 e. The van der Waals surface area contributed by atoms with Crippen LogP contribution in [0, 0.1) is 19.3 Å². The van der Waals surface area contributed by atoms with E-state index in [9.17, 15) is 9.59 Å². The van der Waals surface area contributed by atoms with Gasteiger partial charge in [0.2, 0.25) is 0 Å². The van der Waals surface area contributed by atoms with Gasteiger partial charge in [-0.2, -0.15) is 0 Å². The van der Waals surface area contributed by atoms with Crippen molar-refractivity contribution in [3.05, 3.63) is 39.6 Å². The Bertz CT molecular complexity index is 895. The van der Waals surface area contributed by atoms with Crippen molar-refractivity contribution in [2.24, 2.45) is 5.41 Å². The van der Waals surface area contributed by atoms with Gasteiger partial charge in [0.05, 0.1) is 22.1 Å². The van der Waals surface area contributed by atoms with E-state index in [-0.39, 0.29) is 17.5 Å². The Morgan fingerprint density at radius 3 is 2.10 bits per heavy atom. The SMILES string of the molecule is COC1(C)CCC2(CC1)NC(=O)C(c1c(C)cc(Cl)cc1C)=C2OC(=O)C(C)(C)C. The minimum absolute atomic E-state index is 0.207. The van der Waals surface area contributed by atoms with E-state index in [1.807, 2.05) is 46.8 Å². The maximum Gasteiger partial charge on any atom is 0.316 e. The number of rotatable bonds is 3. The number of ether oxygens (including phenoxy) is 2. The number of aryl methyl sites for hydroxylation is 2. The molecule has 0 atom stereocenters. The van der Waals surface area contributed by atoms with Gasteiger partial charge < -0.3 is 14.8 Å². The van der Waals surface area contributed by atoms with E-state index in [2.05, 4.69) is 12.2 Å². The van der Waals surface area contributed by atoms with E-state index in [1.165, 1.54) is 0 Å². The summed E-state index contributed by atoms with van der Waals surface area (Å²) in [6.07, 6.45) is 2.80. The van der Waals surface area contributed by atoms with E-state index in [0.717, 1.165) is 29.5 Å². The molecule has 164 valence electrons. The van der Waals surface area contributed by atoms with E-state index < -0.39 is 11.0 Å². The lowest BCUT2D eigenvalue weighted by Gasteiger charge is -2.43. The Balaban J connectivity index is 2.17. The van der Waals surface area contributed by atoms with Crippen molar-refractivity contribution in [3.63, 3.8) is 0 Å². The van der Waals surface area contributed by atoms with Gasteiger partial charge in [0, 0.05) is 12.1 Å². The molecule has 1 fully saturated rings. The highest BCUT2D eigenvalue weighted by molar-refractivity contribution is 6.31. The maximum absolute atomic E-state index is 13.3. The molecule has 6 heteroatoms. The molecular formula is C24H32ClNO4. The molecule has 0 saturated heterocycles. The van der Waals surface area contributed by atoms with Crippen LogP contribution in [0.3, 0.4) is 0 Å². The fourth-order valence-corrected chi connectivity index (χ4v) is 4.69. The Morgan fingerprint density at radius 2 is 1.63 bits per heavy atom. The molecule has 1 aromatic rings.